The minimum absolute atomic E-state index is 0.0278. The number of hydrogen-bond donors (Lipinski definition) is 2. The summed E-state index contributed by atoms with van der Waals surface area (Å²) in [6, 6.07) is 1.98. The zero-order valence-corrected chi connectivity index (χ0v) is 15.9. The molecule has 1 saturated carbocycles. The van der Waals surface area contributed by atoms with E-state index in [4.69, 9.17) is 0 Å². The van der Waals surface area contributed by atoms with Crippen molar-refractivity contribution in [3.05, 3.63) is 41.4 Å². The normalized spacial score (nSPS) is 17.6. The van der Waals surface area contributed by atoms with Crippen molar-refractivity contribution in [2.75, 3.05) is 25.5 Å². The van der Waals surface area contributed by atoms with Crippen molar-refractivity contribution in [3.63, 3.8) is 0 Å². The number of halogens is 3. The molecule has 5 nitrogen and oxygen atoms in total. The van der Waals surface area contributed by atoms with E-state index in [1.54, 1.807) is 7.05 Å². The van der Waals surface area contributed by atoms with E-state index in [0.29, 0.717) is 4.90 Å². The summed E-state index contributed by atoms with van der Waals surface area (Å²) in [4.78, 5) is 27.4. The van der Waals surface area contributed by atoms with Crippen LogP contribution in [0.15, 0.2) is 23.9 Å². The van der Waals surface area contributed by atoms with Gasteiger partial charge in [-0.1, -0.05) is 6.08 Å². The highest BCUT2D eigenvalue weighted by molar-refractivity contribution is 5.91. The van der Waals surface area contributed by atoms with Crippen molar-refractivity contribution in [2.45, 2.75) is 44.6 Å². The lowest BCUT2D eigenvalue weighted by Crippen LogP contribution is -3.11. The van der Waals surface area contributed by atoms with Crippen LogP contribution in [-0.2, 0) is 9.59 Å². The average molecular weight is 396 g/mol. The summed E-state index contributed by atoms with van der Waals surface area (Å²) in [6.45, 7) is 0.0310. The van der Waals surface area contributed by atoms with Gasteiger partial charge in [0.15, 0.2) is 30.5 Å². The van der Waals surface area contributed by atoms with Gasteiger partial charge in [0.2, 0.25) is 0 Å². The van der Waals surface area contributed by atoms with Gasteiger partial charge >= 0.3 is 0 Å². The Morgan fingerprint density at radius 3 is 2.54 bits per heavy atom. The molecule has 2 amide bonds. The molecule has 1 fully saturated rings. The number of hydrogen-bond acceptors (Lipinski definition) is 2. The van der Waals surface area contributed by atoms with Gasteiger partial charge in [0.25, 0.3) is 11.8 Å². The minimum Gasteiger partial charge on any atom is -0.322 e. The molecular weight excluding hydrogens is 371 g/mol. The van der Waals surface area contributed by atoms with Crippen LogP contribution >= 0.6 is 0 Å². The van der Waals surface area contributed by atoms with Crippen LogP contribution in [0, 0.1) is 17.5 Å². The van der Waals surface area contributed by atoms with E-state index in [-0.39, 0.29) is 25.0 Å². The first-order valence-corrected chi connectivity index (χ1v) is 9.62. The zero-order chi connectivity index (χ0) is 20.3. The largest absolute Gasteiger partial charge is 0.322 e. The first-order valence-electron chi connectivity index (χ1n) is 9.62. The Morgan fingerprint density at radius 2 is 1.89 bits per heavy atom. The Balaban J connectivity index is 1.56. The summed E-state index contributed by atoms with van der Waals surface area (Å²) >= 11 is 0. The number of benzene rings is 1. The number of quaternary nitrogens is 1. The maximum Gasteiger partial charge on any atom is 0.282 e. The number of likely N-dealkylation sites (N-methyl/N-ethyl adjacent to an activating group) is 1. The lowest BCUT2D eigenvalue weighted by atomic mass is 10.0. The second kappa shape index (κ2) is 8.77. The molecule has 152 valence electrons. The number of rotatable bonds is 7. The molecule has 1 atom stereocenters. The number of carbonyl (C=O) groups is 2. The number of allylic oxidation sites excluding steroid dienone is 2. The third-order valence-electron chi connectivity index (χ3n) is 4.98. The third-order valence-corrected chi connectivity index (χ3v) is 4.98. The van der Waals surface area contributed by atoms with E-state index in [2.05, 4.69) is 11.4 Å². The zero-order valence-electron chi connectivity index (χ0n) is 15.9. The molecule has 1 aromatic carbocycles. The smallest absolute Gasteiger partial charge is 0.282 e. The van der Waals surface area contributed by atoms with E-state index in [0.717, 1.165) is 56.4 Å². The lowest BCUT2D eigenvalue weighted by molar-refractivity contribution is -0.862. The lowest BCUT2D eigenvalue weighted by Gasteiger charge is -2.28. The summed E-state index contributed by atoms with van der Waals surface area (Å²) in [7, 11) is 1.69. The summed E-state index contributed by atoms with van der Waals surface area (Å²) in [5.41, 5.74) is 0.662. The Hall–Kier alpha value is -2.35. The summed E-state index contributed by atoms with van der Waals surface area (Å²) in [5.74, 6) is -4.99. The van der Waals surface area contributed by atoms with E-state index in [1.807, 2.05) is 4.90 Å². The fourth-order valence-corrected chi connectivity index (χ4v) is 3.47. The molecule has 8 heteroatoms. The van der Waals surface area contributed by atoms with Crippen LogP contribution in [0.2, 0.25) is 0 Å². The fourth-order valence-electron chi connectivity index (χ4n) is 3.47. The van der Waals surface area contributed by atoms with Crippen LogP contribution in [0.3, 0.4) is 0 Å². The first kappa shape index (κ1) is 20.4. The van der Waals surface area contributed by atoms with Crippen LogP contribution in [0.5, 0.6) is 0 Å². The highest BCUT2D eigenvalue weighted by Crippen LogP contribution is 2.33. The van der Waals surface area contributed by atoms with Gasteiger partial charge in [-0.2, -0.15) is 0 Å². The number of nitrogens with one attached hydrogen (secondary N) is 2. The van der Waals surface area contributed by atoms with Crippen molar-refractivity contribution in [2.24, 2.45) is 0 Å². The predicted molar refractivity (Wildman–Crippen MR) is 98.0 cm³/mol. The molecule has 28 heavy (non-hydrogen) atoms. The molecule has 1 aromatic rings. The van der Waals surface area contributed by atoms with Crippen molar-refractivity contribution < 1.29 is 27.7 Å². The molecule has 0 bridgehead atoms. The topological polar surface area (TPSA) is 53.9 Å². The van der Waals surface area contributed by atoms with Gasteiger partial charge in [-0.15, -0.1) is 0 Å². The summed E-state index contributed by atoms with van der Waals surface area (Å²) in [5, 5.41) is 2.23. The number of anilines is 1. The van der Waals surface area contributed by atoms with Gasteiger partial charge < -0.3 is 15.1 Å². The molecule has 0 spiro atoms. The van der Waals surface area contributed by atoms with Crippen LogP contribution in [0.1, 0.15) is 38.5 Å². The van der Waals surface area contributed by atoms with Gasteiger partial charge in [-0.05, 0) is 50.7 Å². The average Bonchev–Trinajstić information content (AvgIpc) is 3.48. The van der Waals surface area contributed by atoms with Gasteiger partial charge in [0.1, 0.15) is 0 Å². The Morgan fingerprint density at radius 1 is 1.14 bits per heavy atom. The molecule has 1 unspecified atom stereocenters. The van der Waals surface area contributed by atoms with Gasteiger partial charge in [0.05, 0.1) is 12.7 Å². The maximum atomic E-state index is 13.7. The van der Waals surface area contributed by atoms with Crippen molar-refractivity contribution >= 4 is 17.5 Å². The Labute approximate surface area is 162 Å². The van der Waals surface area contributed by atoms with E-state index >= 15 is 0 Å². The van der Waals surface area contributed by atoms with Crippen molar-refractivity contribution in [3.8, 4) is 0 Å². The second-order valence-electron chi connectivity index (χ2n) is 7.52. The quantitative estimate of drug-likeness (QED) is 0.693. The molecule has 3 rings (SSSR count). The van der Waals surface area contributed by atoms with Crippen LogP contribution in [0.4, 0.5) is 18.9 Å². The van der Waals surface area contributed by atoms with Crippen molar-refractivity contribution in [1.29, 1.82) is 0 Å². The molecule has 0 aromatic heterocycles. The number of carbonyl (C=O) groups excluding carboxylic acids is 2. The van der Waals surface area contributed by atoms with Crippen LogP contribution in [-0.4, -0.2) is 42.9 Å². The molecule has 0 radical (unpaired) electrons. The Kier molecular flexibility index (Phi) is 6.39. The third kappa shape index (κ3) is 4.92. The molecular formula is C20H25F3N3O2+. The molecule has 2 aliphatic carbocycles. The molecule has 0 aliphatic heterocycles. The number of nitrogens with zero attached hydrogens (tertiary/aromatic N) is 1. The van der Waals surface area contributed by atoms with E-state index in [9.17, 15) is 22.8 Å². The maximum absolute atomic E-state index is 13.7. The van der Waals surface area contributed by atoms with Crippen molar-refractivity contribution in [1.82, 2.24) is 4.90 Å². The Bertz CT molecular complexity index is 793. The van der Waals surface area contributed by atoms with Crippen LogP contribution < -0.4 is 10.2 Å². The summed E-state index contributed by atoms with van der Waals surface area (Å²) < 4.78 is 39.9. The van der Waals surface area contributed by atoms with Gasteiger partial charge in [-0.25, -0.2) is 13.2 Å². The highest BCUT2D eigenvalue weighted by Gasteiger charge is 2.36. The molecule has 2 N–H and O–H groups in total. The van der Waals surface area contributed by atoms with E-state index in [1.165, 1.54) is 0 Å². The van der Waals surface area contributed by atoms with Crippen LogP contribution in [0.25, 0.3) is 0 Å². The van der Waals surface area contributed by atoms with Gasteiger partial charge in [-0.3, -0.25) is 9.59 Å². The number of amides is 2. The second-order valence-corrected chi connectivity index (χ2v) is 7.52. The SMILES string of the molecule is C[NH+](CC(=O)Nc1ccc(F)c(F)c1F)CC(=O)N(C1=CCCCC1)C1CC1. The van der Waals surface area contributed by atoms with Gasteiger partial charge in [0, 0.05) is 11.7 Å². The monoisotopic (exact) mass is 396 g/mol. The molecule has 0 heterocycles. The highest BCUT2D eigenvalue weighted by atomic mass is 19.2. The fraction of sp³-hybridized carbons (Fsp3) is 0.500. The minimum atomic E-state index is -1.63. The molecule has 0 saturated heterocycles. The summed E-state index contributed by atoms with van der Waals surface area (Å²) in [6.07, 6.45) is 8.23. The molecule has 2 aliphatic rings. The predicted octanol–water partition coefficient (Wildman–Crippen LogP) is 2.01. The van der Waals surface area contributed by atoms with E-state index < -0.39 is 29.0 Å². The standard InChI is InChI=1S/C20H24F3N3O2/c1-25(11-17(27)24-16-10-9-15(21)19(22)20(16)23)12-18(28)26(14-7-8-14)13-5-3-2-4-6-13/h5,9-10,14H,2-4,6-8,11-12H2,1H3,(H,24,27)/p+1. The first-order chi connectivity index (χ1) is 13.4.